The molecule has 0 atom stereocenters. The van der Waals surface area contributed by atoms with Crippen LogP contribution in [0.1, 0.15) is 44.2 Å². The maximum Gasteiger partial charge on any atom is 0.243 e. The van der Waals surface area contributed by atoms with E-state index in [9.17, 15) is 4.79 Å². The van der Waals surface area contributed by atoms with Gasteiger partial charge in [0.2, 0.25) is 5.91 Å². The Morgan fingerprint density at radius 1 is 1.16 bits per heavy atom. The second-order valence-electron chi connectivity index (χ2n) is 8.55. The topological polar surface area (TPSA) is 91.0 Å². The molecule has 1 fully saturated rings. The fourth-order valence-corrected chi connectivity index (χ4v) is 4.02. The molecule has 0 radical (unpaired) electrons. The van der Waals surface area contributed by atoms with Crippen LogP contribution in [0.2, 0.25) is 0 Å². The molecule has 2 aromatic rings. The first-order valence-corrected chi connectivity index (χ1v) is 11.5. The van der Waals surface area contributed by atoms with Gasteiger partial charge in [0, 0.05) is 49.9 Å². The number of aromatic amines is 1. The lowest BCUT2D eigenvalue weighted by Crippen LogP contribution is -2.45. The highest BCUT2D eigenvalue weighted by molar-refractivity contribution is 5.88. The minimum absolute atomic E-state index is 0.00260. The number of nitrogens with one attached hydrogen (secondary N) is 3. The van der Waals surface area contributed by atoms with Crippen molar-refractivity contribution in [2.24, 2.45) is 4.99 Å². The minimum Gasteiger partial charge on any atom is -0.497 e. The first kappa shape index (κ1) is 23.8. The highest BCUT2D eigenvalue weighted by Crippen LogP contribution is 2.31. The van der Waals surface area contributed by atoms with Crippen LogP contribution in [0.15, 0.2) is 23.2 Å². The van der Waals surface area contributed by atoms with Crippen molar-refractivity contribution in [1.29, 1.82) is 0 Å². The van der Waals surface area contributed by atoms with Gasteiger partial charge in [-0.1, -0.05) is 19.3 Å². The number of methoxy groups -OCH3 is 2. The molecule has 1 heterocycles. The zero-order valence-electron chi connectivity index (χ0n) is 19.8. The smallest absolute Gasteiger partial charge is 0.243 e. The molecule has 1 saturated carbocycles. The van der Waals surface area contributed by atoms with Gasteiger partial charge in [0.05, 0.1) is 19.7 Å². The number of aliphatic imine (C=N–C) groups is 1. The Balaban J connectivity index is 1.57. The number of fused-ring (bicyclic) bond motifs is 1. The molecule has 0 spiro atoms. The number of aryl methyl sites for hydroxylation is 1. The quantitative estimate of drug-likeness (QED) is 0.315. The number of benzene rings is 1. The molecule has 0 unspecified atom stereocenters. The number of rotatable bonds is 9. The summed E-state index contributed by atoms with van der Waals surface area (Å²) in [6, 6.07) is 6.45. The fourth-order valence-electron chi connectivity index (χ4n) is 4.02. The van der Waals surface area contributed by atoms with Crippen molar-refractivity contribution in [3.05, 3.63) is 23.9 Å². The fraction of sp³-hybridized carbons (Fsp3) is 0.583. The van der Waals surface area contributed by atoms with Crippen molar-refractivity contribution in [1.82, 2.24) is 20.5 Å². The Labute approximate surface area is 190 Å². The summed E-state index contributed by atoms with van der Waals surface area (Å²) in [6.45, 7) is 0.920. The van der Waals surface area contributed by atoms with Crippen molar-refractivity contribution in [2.45, 2.75) is 51.0 Å². The zero-order valence-corrected chi connectivity index (χ0v) is 19.8. The van der Waals surface area contributed by atoms with Gasteiger partial charge in [-0.25, -0.2) is 4.99 Å². The SMILES string of the molecule is COc1cc(OC)c2cc(CCCNC(=NCC(=O)N(C)C)NC3CCCCC3)[nH]c2c1. The van der Waals surface area contributed by atoms with Crippen LogP contribution in [-0.2, 0) is 11.2 Å². The van der Waals surface area contributed by atoms with Gasteiger partial charge in [0.25, 0.3) is 0 Å². The monoisotopic (exact) mass is 443 g/mol. The van der Waals surface area contributed by atoms with Gasteiger partial charge >= 0.3 is 0 Å². The first-order valence-electron chi connectivity index (χ1n) is 11.5. The minimum atomic E-state index is -0.00260. The van der Waals surface area contributed by atoms with Crippen molar-refractivity contribution in [3.63, 3.8) is 0 Å². The summed E-state index contributed by atoms with van der Waals surface area (Å²) in [4.78, 5) is 21.5. The molecule has 3 rings (SSSR count). The highest BCUT2D eigenvalue weighted by Gasteiger charge is 2.15. The third-order valence-corrected chi connectivity index (χ3v) is 5.92. The average Bonchev–Trinajstić information content (AvgIpc) is 3.22. The number of amides is 1. The predicted octanol–water partition coefficient (Wildman–Crippen LogP) is 3.07. The second kappa shape index (κ2) is 11.6. The largest absolute Gasteiger partial charge is 0.497 e. The summed E-state index contributed by atoms with van der Waals surface area (Å²) in [7, 11) is 6.84. The van der Waals surface area contributed by atoms with Crippen LogP contribution in [0.4, 0.5) is 0 Å². The molecule has 176 valence electrons. The normalized spacial score (nSPS) is 14.9. The number of guanidine groups is 1. The van der Waals surface area contributed by atoms with Crippen molar-refractivity contribution < 1.29 is 14.3 Å². The third kappa shape index (κ3) is 6.55. The van der Waals surface area contributed by atoms with E-state index in [1.807, 2.05) is 12.1 Å². The number of hydrogen-bond acceptors (Lipinski definition) is 4. The highest BCUT2D eigenvalue weighted by atomic mass is 16.5. The predicted molar refractivity (Wildman–Crippen MR) is 129 cm³/mol. The molecule has 0 bridgehead atoms. The number of nitrogens with zero attached hydrogens (tertiary/aromatic N) is 2. The van der Waals surface area contributed by atoms with E-state index in [0.717, 1.165) is 66.3 Å². The number of carbonyl (C=O) groups excluding carboxylic acids is 1. The Morgan fingerprint density at radius 2 is 1.94 bits per heavy atom. The number of H-pyrrole nitrogens is 1. The van der Waals surface area contributed by atoms with Crippen LogP contribution < -0.4 is 20.1 Å². The Morgan fingerprint density at radius 3 is 2.62 bits per heavy atom. The number of carbonyl (C=O) groups is 1. The zero-order chi connectivity index (χ0) is 22.9. The van der Waals surface area contributed by atoms with Gasteiger partial charge in [-0.15, -0.1) is 0 Å². The van der Waals surface area contributed by atoms with E-state index in [1.54, 1.807) is 33.2 Å². The number of ether oxygens (including phenoxy) is 2. The molecule has 8 nitrogen and oxygen atoms in total. The van der Waals surface area contributed by atoms with E-state index in [-0.39, 0.29) is 12.5 Å². The summed E-state index contributed by atoms with van der Waals surface area (Å²) in [5.41, 5.74) is 2.16. The van der Waals surface area contributed by atoms with Crippen molar-refractivity contribution in [2.75, 3.05) is 41.4 Å². The lowest BCUT2D eigenvalue weighted by atomic mass is 9.96. The summed E-state index contributed by atoms with van der Waals surface area (Å²) in [5.74, 6) is 2.30. The van der Waals surface area contributed by atoms with E-state index in [4.69, 9.17) is 9.47 Å². The molecule has 0 saturated heterocycles. The van der Waals surface area contributed by atoms with Crippen LogP contribution in [-0.4, -0.2) is 69.2 Å². The Bertz CT molecular complexity index is 916. The molecule has 32 heavy (non-hydrogen) atoms. The number of likely N-dealkylation sites (N-methyl/N-ethyl adjacent to an activating group) is 1. The van der Waals surface area contributed by atoms with Gasteiger partial charge in [0.1, 0.15) is 18.0 Å². The molecular weight excluding hydrogens is 406 g/mol. The average molecular weight is 444 g/mol. The molecule has 1 aliphatic rings. The standard InChI is InChI=1S/C24H37N5O3/c1-29(2)23(30)16-26-24(28-17-9-6-5-7-10-17)25-12-8-11-18-13-20-21(27-18)14-19(31-3)15-22(20)32-4/h13-15,17,27H,5-12,16H2,1-4H3,(H2,25,26,28). The summed E-state index contributed by atoms with van der Waals surface area (Å²) < 4.78 is 10.9. The van der Waals surface area contributed by atoms with Crippen molar-refractivity contribution in [3.8, 4) is 11.5 Å². The van der Waals surface area contributed by atoms with Crippen LogP contribution in [0.3, 0.4) is 0 Å². The molecule has 1 aliphatic carbocycles. The lowest BCUT2D eigenvalue weighted by molar-refractivity contribution is -0.127. The van der Waals surface area contributed by atoms with Gasteiger partial charge in [-0.05, 0) is 31.7 Å². The van der Waals surface area contributed by atoms with E-state index in [2.05, 4.69) is 26.7 Å². The van der Waals surface area contributed by atoms with Gasteiger partial charge in [-0.2, -0.15) is 0 Å². The lowest BCUT2D eigenvalue weighted by Gasteiger charge is -2.25. The second-order valence-corrected chi connectivity index (χ2v) is 8.55. The van der Waals surface area contributed by atoms with E-state index in [1.165, 1.54) is 19.3 Å². The van der Waals surface area contributed by atoms with E-state index < -0.39 is 0 Å². The summed E-state index contributed by atoms with van der Waals surface area (Å²) in [5, 5.41) is 8.00. The first-order chi connectivity index (χ1) is 15.5. The molecule has 1 aromatic carbocycles. The summed E-state index contributed by atoms with van der Waals surface area (Å²) in [6.07, 6.45) is 7.93. The molecule has 0 aliphatic heterocycles. The van der Waals surface area contributed by atoms with Gasteiger partial charge in [0.15, 0.2) is 5.96 Å². The van der Waals surface area contributed by atoms with Crippen LogP contribution >= 0.6 is 0 Å². The van der Waals surface area contributed by atoms with Crippen LogP contribution in [0.5, 0.6) is 11.5 Å². The molecule has 3 N–H and O–H groups in total. The van der Waals surface area contributed by atoms with Crippen LogP contribution in [0, 0.1) is 0 Å². The molecule has 1 aromatic heterocycles. The maximum atomic E-state index is 12.0. The maximum absolute atomic E-state index is 12.0. The third-order valence-electron chi connectivity index (χ3n) is 5.92. The van der Waals surface area contributed by atoms with E-state index >= 15 is 0 Å². The number of hydrogen-bond donors (Lipinski definition) is 3. The van der Waals surface area contributed by atoms with Crippen LogP contribution in [0.25, 0.3) is 10.9 Å². The van der Waals surface area contributed by atoms with E-state index in [0.29, 0.717) is 6.04 Å². The molecular formula is C24H37N5O3. The Kier molecular flexibility index (Phi) is 8.64. The van der Waals surface area contributed by atoms with Crippen molar-refractivity contribution >= 4 is 22.8 Å². The van der Waals surface area contributed by atoms with Gasteiger partial charge in [-0.3, -0.25) is 4.79 Å². The Hall–Kier alpha value is -2.90. The summed E-state index contributed by atoms with van der Waals surface area (Å²) >= 11 is 0. The van der Waals surface area contributed by atoms with Gasteiger partial charge < -0.3 is 30.0 Å². The molecule has 8 heteroatoms. The molecule has 1 amide bonds. The number of aromatic nitrogens is 1.